The summed E-state index contributed by atoms with van der Waals surface area (Å²) in [4.78, 5) is 0. The first-order valence-corrected chi connectivity index (χ1v) is 5.03. The SMILES string of the molecule is CNC(NN)c1cc(OC)c(OC)cc1C. The molecule has 0 aliphatic rings. The summed E-state index contributed by atoms with van der Waals surface area (Å²) < 4.78 is 10.5. The van der Waals surface area contributed by atoms with E-state index in [1.807, 2.05) is 26.1 Å². The molecule has 0 amide bonds. The summed E-state index contributed by atoms with van der Waals surface area (Å²) in [6.45, 7) is 2.00. The predicted octanol–water partition coefficient (Wildman–Crippen LogP) is 0.694. The van der Waals surface area contributed by atoms with Gasteiger partial charge in [-0.15, -0.1) is 0 Å². The number of hydrogen-bond donors (Lipinski definition) is 3. The molecule has 0 aliphatic carbocycles. The van der Waals surface area contributed by atoms with Crippen molar-refractivity contribution >= 4 is 0 Å². The molecule has 0 saturated heterocycles. The van der Waals surface area contributed by atoms with E-state index in [1.165, 1.54) is 0 Å². The van der Waals surface area contributed by atoms with Crippen LogP contribution in [0.2, 0.25) is 0 Å². The van der Waals surface area contributed by atoms with Gasteiger partial charge in [0, 0.05) is 0 Å². The second kappa shape index (κ2) is 5.69. The Morgan fingerprint density at radius 1 is 1.19 bits per heavy atom. The van der Waals surface area contributed by atoms with Gasteiger partial charge in [-0.1, -0.05) is 0 Å². The fraction of sp³-hybridized carbons (Fsp3) is 0.455. The Morgan fingerprint density at radius 2 is 1.75 bits per heavy atom. The van der Waals surface area contributed by atoms with Crippen LogP contribution in [0.4, 0.5) is 0 Å². The van der Waals surface area contributed by atoms with E-state index in [0.29, 0.717) is 5.75 Å². The van der Waals surface area contributed by atoms with Crippen molar-refractivity contribution in [3.05, 3.63) is 23.3 Å². The lowest BCUT2D eigenvalue weighted by atomic mass is 10.1. The van der Waals surface area contributed by atoms with E-state index in [4.69, 9.17) is 15.3 Å². The van der Waals surface area contributed by atoms with Crippen molar-refractivity contribution in [1.82, 2.24) is 10.7 Å². The third kappa shape index (κ3) is 2.44. The van der Waals surface area contributed by atoms with Crippen LogP contribution in [-0.2, 0) is 0 Å². The second-order valence-corrected chi connectivity index (χ2v) is 3.45. The molecule has 0 radical (unpaired) electrons. The highest BCUT2D eigenvalue weighted by Gasteiger charge is 2.14. The molecule has 1 atom stereocenters. The summed E-state index contributed by atoms with van der Waals surface area (Å²) in [6.07, 6.45) is -0.111. The van der Waals surface area contributed by atoms with Gasteiger partial charge in [0.2, 0.25) is 0 Å². The van der Waals surface area contributed by atoms with Crippen LogP contribution < -0.4 is 26.1 Å². The largest absolute Gasteiger partial charge is 0.493 e. The molecule has 0 aromatic heterocycles. The standard InChI is InChI=1S/C11H19N3O2/c1-7-5-9(15-3)10(16-4)6-8(7)11(13-2)14-12/h5-6,11,13-14H,12H2,1-4H3. The number of rotatable bonds is 5. The Kier molecular flexibility index (Phi) is 4.54. The summed E-state index contributed by atoms with van der Waals surface area (Å²) in [7, 11) is 5.07. The fourth-order valence-electron chi connectivity index (χ4n) is 1.64. The first kappa shape index (κ1) is 12.8. The van der Waals surface area contributed by atoms with Crippen LogP contribution in [-0.4, -0.2) is 21.3 Å². The summed E-state index contributed by atoms with van der Waals surface area (Å²) in [5.74, 6) is 6.87. The number of benzene rings is 1. The van der Waals surface area contributed by atoms with Gasteiger partial charge >= 0.3 is 0 Å². The molecule has 90 valence electrons. The van der Waals surface area contributed by atoms with Crippen molar-refractivity contribution in [3.8, 4) is 11.5 Å². The highest BCUT2D eigenvalue weighted by atomic mass is 16.5. The smallest absolute Gasteiger partial charge is 0.161 e. The molecule has 0 spiro atoms. The van der Waals surface area contributed by atoms with Gasteiger partial charge < -0.3 is 14.8 Å². The first-order chi connectivity index (χ1) is 7.67. The number of methoxy groups -OCH3 is 2. The molecule has 4 N–H and O–H groups in total. The molecule has 0 fully saturated rings. The lowest BCUT2D eigenvalue weighted by molar-refractivity contribution is 0.353. The van der Waals surface area contributed by atoms with Gasteiger partial charge in [0.25, 0.3) is 0 Å². The topological polar surface area (TPSA) is 68.5 Å². The minimum atomic E-state index is -0.111. The molecule has 1 rings (SSSR count). The monoisotopic (exact) mass is 225 g/mol. The third-order valence-electron chi connectivity index (χ3n) is 2.54. The maximum atomic E-state index is 5.46. The van der Waals surface area contributed by atoms with Crippen molar-refractivity contribution in [1.29, 1.82) is 0 Å². The van der Waals surface area contributed by atoms with E-state index in [-0.39, 0.29) is 6.17 Å². The molecule has 0 aliphatic heterocycles. The van der Waals surface area contributed by atoms with Crippen LogP contribution in [0, 0.1) is 6.92 Å². The molecule has 5 nitrogen and oxygen atoms in total. The molecule has 1 unspecified atom stereocenters. The van der Waals surface area contributed by atoms with Crippen LogP contribution in [0.5, 0.6) is 11.5 Å². The molecule has 1 aromatic rings. The molecule has 0 saturated carbocycles. The number of hydrazine groups is 1. The van der Waals surface area contributed by atoms with Gasteiger partial charge in [-0.2, -0.15) is 0 Å². The Bertz CT molecular complexity index is 351. The van der Waals surface area contributed by atoms with Crippen molar-refractivity contribution in [2.75, 3.05) is 21.3 Å². The number of aryl methyl sites for hydroxylation is 1. The number of hydrogen-bond acceptors (Lipinski definition) is 5. The summed E-state index contributed by atoms with van der Waals surface area (Å²) in [6, 6.07) is 3.84. The Hall–Kier alpha value is -1.30. The zero-order valence-corrected chi connectivity index (χ0v) is 10.1. The molecule has 1 aromatic carbocycles. The zero-order chi connectivity index (χ0) is 12.1. The van der Waals surface area contributed by atoms with Crippen LogP contribution >= 0.6 is 0 Å². The summed E-state index contributed by atoms with van der Waals surface area (Å²) in [5.41, 5.74) is 4.80. The van der Waals surface area contributed by atoms with Gasteiger partial charge in [-0.3, -0.25) is 5.84 Å². The lowest BCUT2D eigenvalue weighted by Gasteiger charge is -2.19. The lowest BCUT2D eigenvalue weighted by Crippen LogP contribution is -2.37. The average molecular weight is 225 g/mol. The Balaban J connectivity index is 3.19. The van der Waals surface area contributed by atoms with Crippen molar-refractivity contribution in [2.45, 2.75) is 13.1 Å². The fourth-order valence-corrected chi connectivity index (χ4v) is 1.64. The Morgan fingerprint density at radius 3 is 2.19 bits per heavy atom. The number of ether oxygens (including phenoxy) is 2. The van der Waals surface area contributed by atoms with E-state index >= 15 is 0 Å². The minimum absolute atomic E-state index is 0.111. The van der Waals surface area contributed by atoms with E-state index in [2.05, 4.69) is 10.7 Å². The van der Waals surface area contributed by atoms with E-state index in [9.17, 15) is 0 Å². The molecular weight excluding hydrogens is 206 g/mol. The predicted molar refractivity (Wildman–Crippen MR) is 63.4 cm³/mol. The maximum Gasteiger partial charge on any atom is 0.161 e. The van der Waals surface area contributed by atoms with E-state index in [0.717, 1.165) is 16.9 Å². The van der Waals surface area contributed by atoms with Crippen LogP contribution in [0.1, 0.15) is 17.3 Å². The van der Waals surface area contributed by atoms with Crippen molar-refractivity contribution < 1.29 is 9.47 Å². The molecular formula is C11H19N3O2. The summed E-state index contributed by atoms with van der Waals surface area (Å²) >= 11 is 0. The van der Waals surface area contributed by atoms with Crippen molar-refractivity contribution in [2.24, 2.45) is 5.84 Å². The quantitative estimate of drug-likeness (QED) is 0.391. The van der Waals surface area contributed by atoms with E-state index in [1.54, 1.807) is 14.2 Å². The van der Waals surface area contributed by atoms with Crippen molar-refractivity contribution in [3.63, 3.8) is 0 Å². The maximum absolute atomic E-state index is 5.46. The first-order valence-electron chi connectivity index (χ1n) is 5.03. The molecule has 0 bridgehead atoms. The normalized spacial score (nSPS) is 12.3. The molecule has 16 heavy (non-hydrogen) atoms. The highest BCUT2D eigenvalue weighted by molar-refractivity contribution is 5.47. The van der Waals surface area contributed by atoms with E-state index < -0.39 is 0 Å². The zero-order valence-electron chi connectivity index (χ0n) is 10.1. The highest BCUT2D eigenvalue weighted by Crippen LogP contribution is 2.31. The van der Waals surface area contributed by atoms with Gasteiger partial charge in [-0.05, 0) is 37.2 Å². The van der Waals surface area contributed by atoms with Gasteiger partial charge in [-0.25, -0.2) is 5.43 Å². The minimum Gasteiger partial charge on any atom is -0.493 e. The molecule has 5 heteroatoms. The second-order valence-electron chi connectivity index (χ2n) is 3.45. The van der Waals surface area contributed by atoms with Crippen LogP contribution in [0.3, 0.4) is 0 Å². The summed E-state index contributed by atoms with van der Waals surface area (Å²) in [5, 5.41) is 3.07. The van der Waals surface area contributed by atoms with Gasteiger partial charge in [0.05, 0.1) is 20.4 Å². The Labute approximate surface area is 95.9 Å². The third-order valence-corrected chi connectivity index (χ3v) is 2.54. The van der Waals surface area contributed by atoms with Gasteiger partial charge in [0.15, 0.2) is 11.5 Å². The molecule has 0 heterocycles. The van der Waals surface area contributed by atoms with Gasteiger partial charge in [0.1, 0.15) is 0 Å². The average Bonchev–Trinajstić information content (AvgIpc) is 2.32. The number of nitrogens with two attached hydrogens (primary N) is 1. The number of nitrogens with one attached hydrogen (secondary N) is 2. The van der Waals surface area contributed by atoms with Crippen LogP contribution in [0.15, 0.2) is 12.1 Å². The van der Waals surface area contributed by atoms with Crippen LogP contribution in [0.25, 0.3) is 0 Å².